The number of thioether (sulfide) groups is 1. The van der Waals surface area contributed by atoms with E-state index >= 15 is 0 Å². The fraction of sp³-hybridized carbons (Fsp3) is 0.154. The van der Waals surface area contributed by atoms with Crippen LogP contribution in [0, 0.1) is 0 Å². The molecule has 1 aromatic carbocycles. The Kier molecular flexibility index (Phi) is 3.47. The largest absolute Gasteiger partial charge is 0.399 e. The Hall–Kier alpha value is -1.48. The van der Waals surface area contributed by atoms with E-state index in [-0.39, 0.29) is 0 Å². The van der Waals surface area contributed by atoms with Gasteiger partial charge in [-0.05, 0) is 36.8 Å². The van der Waals surface area contributed by atoms with Crippen molar-refractivity contribution < 1.29 is 0 Å². The molecule has 1 atom stereocenters. The number of anilines is 1. The number of aromatic nitrogens is 1. The Labute approximate surface area is 99.9 Å². The lowest BCUT2D eigenvalue weighted by atomic mass is 10.1. The van der Waals surface area contributed by atoms with Gasteiger partial charge in [0.25, 0.3) is 0 Å². The predicted molar refractivity (Wildman–Crippen MR) is 69.4 cm³/mol. The number of benzene rings is 1. The molecule has 0 bridgehead atoms. The van der Waals surface area contributed by atoms with Gasteiger partial charge in [0.05, 0.1) is 5.03 Å². The predicted octanol–water partition coefficient (Wildman–Crippen LogP) is 3.52. The second kappa shape index (κ2) is 5.03. The highest BCUT2D eigenvalue weighted by atomic mass is 32.2. The van der Waals surface area contributed by atoms with Crippen LogP contribution in [0.5, 0.6) is 0 Å². The topological polar surface area (TPSA) is 38.9 Å². The molecule has 0 aliphatic heterocycles. The highest BCUT2D eigenvalue weighted by Crippen LogP contribution is 2.33. The normalized spacial score (nSPS) is 12.3. The first-order valence-electron chi connectivity index (χ1n) is 5.19. The third kappa shape index (κ3) is 2.76. The first-order chi connectivity index (χ1) is 7.75. The van der Waals surface area contributed by atoms with E-state index in [1.165, 1.54) is 5.56 Å². The molecule has 0 fully saturated rings. The van der Waals surface area contributed by atoms with Gasteiger partial charge in [-0.2, -0.15) is 0 Å². The van der Waals surface area contributed by atoms with E-state index < -0.39 is 0 Å². The minimum atomic E-state index is 0.385. The lowest BCUT2D eigenvalue weighted by molar-refractivity contribution is 1.06. The lowest BCUT2D eigenvalue weighted by Gasteiger charge is -2.10. The molecular formula is C13H14N2S. The fourth-order valence-electron chi connectivity index (χ4n) is 1.43. The molecule has 16 heavy (non-hydrogen) atoms. The summed E-state index contributed by atoms with van der Waals surface area (Å²) < 4.78 is 0. The highest BCUT2D eigenvalue weighted by molar-refractivity contribution is 7.99. The summed E-state index contributed by atoms with van der Waals surface area (Å²) in [4.78, 5) is 4.30. The van der Waals surface area contributed by atoms with Crippen LogP contribution in [0.3, 0.4) is 0 Å². The van der Waals surface area contributed by atoms with Crippen molar-refractivity contribution in [1.82, 2.24) is 4.98 Å². The van der Waals surface area contributed by atoms with Gasteiger partial charge in [0.15, 0.2) is 0 Å². The van der Waals surface area contributed by atoms with Gasteiger partial charge < -0.3 is 5.73 Å². The molecule has 2 rings (SSSR count). The number of pyridine rings is 1. The first-order valence-corrected chi connectivity index (χ1v) is 6.07. The molecule has 2 N–H and O–H groups in total. The molecule has 82 valence electrons. The van der Waals surface area contributed by atoms with E-state index in [1.54, 1.807) is 11.8 Å². The SMILES string of the molecule is CC(Sc1ccccn1)c1ccc(N)cc1. The zero-order valence-electron chi connectivity index (χ0n) is 9.13. The minimum absolute atomic E-state index is 0.385. The highest BCUT2D eigenvalue weighted by Gasteiger charge is 2.07. The molecule has 3 heteroatoms. The summed E-state index contributed by atoms with van der Waals surface area (Å²) in [6, 6.07) is 14.0. The van der Waals surface area contributed by atoms with Crippen molar-refractivity contribution in [1.29, 1.82) is 0 Å². The van der Waals surface area contributed by atoms with Crippen LogP contribution in [0.4, 0.5) is 5.69 Å². The molecule has 0 saturated heterocycles. The number of rotatable bonds is 3. The Morgan fingerprint density at radius 1 is 1.12 bits per heavy atom. The molecule has 1 heterocycles. The van der Waals surface area contributed by atoms with Crippen molar-refractivity contribution in [3.8, 4) is 0 Å². The molecule has 1 aromatic heterocycles. The molecule has 0 spiro atoms. The molecule has 0 amide bonds. The molecule has 0 saturated carbocycles. The standard InChI is InChI=1S/C13H14N2S/c1-10(11-5-7-12(14)8-6-11)16-13-4-2-3-9-15-13/h2-10H,14H2,1H3. The van der Waals surface area contributed by atoms with E-state index in [0.717, 1.165) is 10.7 Å². The summed E-state index contributed by atoms with van der Waals surface area (Å²) in [7, 11) is 0. The van der Waals surface area contributed by atoms with Crippen LogP contribution in [0.25, 0.3) is 0 Å². The molecule has 2 nitrogen and oxygen atoms in total. The summed E-state index contributed by atoms with van der Waals surface area (Å²) in [5.74, 6) is 0. The number of hydrogen-bond donors (Lipinski definition) is 1. The molecule has 1 unspecified atom stereocenters. The number of nitrogens with two attached hydrogens (primary N) is 1. The molecule has 2 aromatic rings. The Balaban J connectivity index is 2.09. The maximum Gasteiger partial charge on any atom is 0.0965 e. The zero-order chi connectivity index (χ0) is 11.4. The second-order valence-electron chi connectivity index (χ2n) is 3.59. The van der Waals surface area contributed by atoms with E-state index in [2.05, 4.69) is 24.0 Å². The summed E-state index contributed by atoms with van der Waals surface area (Å²) in [5, 5.41) is 1.43. The smallest absolute Gasteiger partial charge is 0.0965 e. The van der Waals surface area contributed by atoms with Crippen LogP contribution in [0.1, 0.15) is 17.7 Å². The lowest BCUT2D eigenvalue weighted by Crippen LogP contribution is -1.91. The van der Waals surface area contributed by atoms with Crippen LogP contribution in [0.15, 0.2) is 53.7 Å². The Morgan fingerprint density at radius 3 is 2.50 bits per heavy atom. The van der Waals surface area contributed by atoms with Crippen molar-refractivity contribution in [3.05, 3.63) is 54.2 Å². The number of hydrogen-bond acceptors (Lipinski definition) is 3. The third-order valence-electron chi connectivity index (χ3n) is 2.34. The monoisotopic (exact) mass is 230 g/mol. The van der Waals surface area contributed by atoms with Crippen LogP contribution in [-0.2, 0) is 0 Å². The van der Waals surface area contributed by atoms with Crippen molar-refractivity contribution >= 4 is 17.4 Å². The summed E-state index contributed by atoms with van der Waals surface area (Å²) >= 11 is 1.75. The van der Waals surface area contributed by atoms with Gasteiger partial charge in [0, 0.05) is 17.1 Å². The quantitative estimate of drug-likeness (QED) is 0.647. The average Bonchev–Trinajstić information content (AvgIpc) is 2.31. The average molecular weight is 230 g/mol. The van der Waals surface area contributed by atoms with Crippen LogP contribution in [-0.4, -0.2) is 4.98 Å². The van der Waals surface area contributed by atoms with Gasteiger partial charge in [-0.1, -0.05) is 30.0 Å². The van der Waals surface area contributed by atoms with E-state index in [0.29, 0.717) is 5.25 Å². The van der Waals surface area contributed by atoms with Crippen molar-refractivity contribution in [2.45, 2.75) is 17.2 Å². The summed E-state index contributed by atoms with van der Waals surface area (Å²) in [6.07, 6.45) is 1.82. The van der Waals surface area contributed by atoms with Gasteiger partial charge in [-0.15, -0.1) is 0 Å². The Morgan fingerprint density at radius 2 is 1.88 bits per heavy atom. The van der Waals surface area contributed by atoms with E-state index in [1.807, 2.05) is 36.5 Å². The second-order valence-corrected chi connectivity index (χ2v) is 4.96. The van der Waals surface area contributed by atoms with Crippen molar-refractivity contribution in [2.24, 2.45) is 0 Å². The van der Waals surface area contributed by atoms with Gasteiger partial charge in [0.1, 0.15) is 0 Å². The van der Waals surface area contributed by atoms with Crippen LogP contribution >= 0.6 is 11.8 Å². The van der Waals surface area contributed by atoms with Crippen LogP contribution < -0.4 is 5.73 Å². The van der Waals surface area contributed by atoms with Crippen LogP contribution in [0.2, 0.25) is 0 Å². The molecule has 0 radical (unpaired) electrons. The first kappa shape index (κ1) is 11.0. The number of nitrogens with zero attached hydrogens (tertiary/aromatic N) is 1. The summed E-state index contributed by atoms with van der Waals surface area (Å²) in [5.41, 5.74) is 7.73. The third-order valence-corrected chi connectivity index (χ3v) is 3.45. The molecule has 0 aliphatic carbocycles. The summed E-state index contributed by atoms with van der Waals surface area (Å²) in [6.45, 7) is 2.17. The number of nitrogen functional groups attached to an aromatic ring is 1. The van der Waals surface area contributed by atoms with Gasteiger partial charge >= 0.3 is 0 Å². The maximum absolute atomic E-state index is 5.66. The maximum atomic E-state index is 5.66. The zero-order valence-corrected chi connectivity index (χ0v) is 9.95. The Bertz CT molecular complexity index is 439. The molecular weight excluding hydrogens is 216 g/mol. The van der Waals surface area contributed by atoms with E-state index in [4.69, 9.17) is 5.73 Å². The minimum Gasteiger partial charge on any atom is -0.399 e. The fourth-order valence-corrected chi connectivity index (χ4v) is 2.37. The van der Waals surface area contributed by atoms with Gasteiger partial charge in [-0.25, -0.2) is 4.98 Å². The van der Waals surface area contributed by atoms with Crippen molar-refractivity contribution in [3.63, 3.8) is 0 Å². The van der Waals surface area contributed by atoms with Crippen molar-refractivity contribution in [2.75, 3.05) is 5.73 Å². The van der Waals surface area contributed by atoms with Gasteiger partial charge in [-0.3, -0.25) is 0 Å². The van der Waals surface area contributed by atoms with E-state index in [9.17, 15) is 0 Å². The van der Waals surface area contributed by atoms with Gasteiger partial charge in [0.2, 0.25) is 0 Å². The molecule has 0 aliphatic rings.